The van der Waals surface area contributed by atoms with E-state index in [1.807, 2.05) is 0 Å². The van der Waals surface area contributed by atoms with Crippen LogP contribution in [-0.4, -0.2) is 140 Å². The van der Waals surface area contributed by atoms with E-state index in [0.29, 0.717) is 12.8 Å². The first-order valence-corrected chi connectivity index (χ1v) is 37.4. The van der Waals surface area contributed by atoms with Crippen LogP contribution < -0.4 is 5.32 Å². The van der Waals surface area contributed by atoms with Crippen LogP contribution >= 0.6 is 0 Å². The number of ether oxygens (including phenoxy) is 4. The van der Waals surface area contributed by atoms with Gasteiger partial charge in [-0.3, -0.25) is 4.79 Å². The summed E-state index contributed by atoms with van der Waals surface area (Å²) in [5, 5.41) is 87.7. The maximum absolute atomic E-state index is 13.4. The van der Waals surface area contributed by atoms with Crippen molar-refractivity contribution in [3.63, 3.8) is 0 Å². The number of rotatable bonds is 63. The Bertz CT molecular complexity index is 1510. The van der Waals surface area contributed by atoms with E-state index in [4.69, 9.17) is 18.9 Å². The van der Waals surface area contributed by atoms with Crippen molar-refractivity contribution in [3.05, 3.63) is 12.2 Å². The Morgan fingerprint density at radius 3 is 1.09 bits per heavy atom. The fraction of sp³-hybridized carbons (Fsp3) is 0.959. The van der Waals surface area contributed by atoms with Crippen LogP contribution in [0.3, 0.4) is 0 Å². The summed E-state index contributed by atoms with van der Waals surface area (Å²) in [6.45, 7) is 2.92. The predicted octanol–water partition coefficient (Wildman–Crippen LogP) is 15.7. The number of aliphatic hydroxyl groups excluding tert-OH is 8. The first kappa shape index (κ1) is 81.8. The molecular weight excluding hydrogens is 1100 g/mol. The molecule has 87 heavy (non-hydrogen) atoms. The lowest BCUT2D eigenvalue weighted by atomic mass is 9.97. The minimum atomic E-state index is -1.78. The van der Waals surface area contributed by atoms with E-state index < -0.39 is 86.8 Å². The van der Waals surface area contributed by atoms with Crippen molar-refractivity contribution in [2.75, 3.05) is 19.8 Å². The minimum Gasteiger partial charge on any atom is -0.394 e. The number of hydrogen-bond acceptors (Lipinski definition) is 13. The lowest BCUT2D eigenvalue weighted by Crippen LogP contribution is -2.65. The van der Waals surface area contributed by atoms with E-state index >= 15 is 0 Å². The van der Waals surface area contributed by atoms with Gasteiger partial charge in [0.15, 0.2) is 12.6 Å². The zero-order valence-electron chi connectivity index (χ0n) is 56.3. The third kappa shape index (κ3) is 42.6. The van der Waals surface area contributed by atoms with Gasteiger partial charge in [0.2, 0.25) is 5.91 Å². The molecule has 0 spiro atoms. The van der Waals surface area contributed by atoms with Gasteiger partial charge in [0.05, 0.1) is 32.0 Å². The third-order valence-electron chi connectivity index (χ3n) is 18.7. The van der Waals surface area contributed by atoms with Gasteiger partial charge in [-0.2, -0.15) is 0 Å². The van der Waals surface area contributed by atoms with E-state index in [0.717, 1.165) is 51.4 Å². The molecule has 2 heterocycles. The second kappa shape index (κ2) is 58.5. The maximum Gasteiger partial charge on any atom is 0.220 e. The van der Waals surface area contributed by atoms with Crippen LogP contribution in [0.5, 0.6) is 0 Å². The summed E-state index contributed by atoms with van der Waals surface area (Å²) >= 11 is 0. The molecule has 2 aliphatic rings. The number of carbonyl (C=O) groups is 1. The molecule has 14 heteroatoms. The summed E-state index contributed by atoms with van der Waals surface area (Å²) in [6, 6.07) is -0.826. The highest BCUT2D eigenvalue weighted by Crippen LogP contribution is 2.30. The Labute approximate surface area is 533 Å². The van der Waals surface area contributed by atoms with Gasteiger partial charge < -0.3 is 65.1 Å². The fourth-order valence-corrected chi connectivity index (χ4v) is 12.8. The number of nitrogens with one attached hydrogen (secondary N) is 1. The van der Waals surface area contributed by atoms with Crippen molar-refractivity contribution in [2.45, 2.75) is 428 Å². The van der Waals surface area contributed by atoms with Gasteiger partial charge in [0, 0.05) is 6.42 Å². The summed E-state index contributed by atoms with van der Waals surface area (Å²) in [4.78, 5) is 13.4. The van der Waals surface area contributed by atoms with Crippen LogP contribution in [0.15, 0.2) is 12.2 Å². The Hall–Kier alpha value is -1.27. The normalized spacial score (nSPS) is 23.2. The molecule has 2 rings (SSSR count). The van der Waals surface area contributed by atoms with Crippen molar-refractivity contribution in [1.29, 1.82) is 0 Å². The summed E-state index contributed by atoms with van der Waals surface area (Å²) < 4.78 is 22.9. The van der Waals surface area contributed by atoms with Crippen LogP contribution in [-0.2, 0) is 23.7 Å². The molecule has 0 bridgehead atoms. The van der Waals surface area contributed by atoms with Crippen molar-refractivity contribution in [1.82, 2.24) is 5.32 Å². The van der Waals surface area contributed by atoms with Crippen molar-refractivity contribution in [2.24, 2.45) is 0 Å². The van der Waals surface area contributed by atoms with Crippen molar-refractivity contribution < 1.29 is 64.6 Å². The lowest BCUT2D eigenvalue weighted by Gasteiger charge is -2.46. The summed E-state index contributed by atoms with van der Waals surface area (Å²) in [6.07, 6.45) is 55.3. The molecular formula is C73H141NO13. The molecule has 14 nitrogen and oxygen atoms in total. The molecule has 9 N–H and O–H groups in total. The molecule has 12 atom stereocenters. The number of aliphatic hydroxyl groups is 8. The highest BCUT2D eigenvalue weighted by molar-refractivity contribution is 5.76. The Morgan fingerprint density at radius 1 is 0.402 bits per heavy atom. The highest BCUT2D eigenvalue weighted by atomic mass is 16.7. The van der Waals surface area contributed by atoms with Gasteiger partial charge in [-0.15, -0.1) is 0 Å². The van der Waals surface area contributed by atoms with E-state index in [2.05, 4.69) is 31.3 Å². The number of hydrogen-bond donors (Lipinski definition) is 9. The number of amides is 1. The van der Waals surface area contributed by atoms with E-state index in [1.54, 1.807) is 0 Å². The first-order valence-electron chi connectivity index (χ1n) is 37.4. The lowest BCUT2D eigenvalue weighted by molar-refractivity contribution is -0.359. The zero-order chi connectivity index (χ0) is 63.1. The van der Waals surface area contributed by atoms with Gasteiger partial charge in [0.1, 0.15) is 48.8 Å². The van der Waals surface area contributed by atoms with Gasteiger partial charge in [-0.05, 0) is 38.5 Å². The summed E-state index contributed by atoms with van der Waals surface area (Å²) in [5.41, 5.74) is 0. The molecule has 0 aromatic rings. The molecule has 0 saturated carbocycles. The molecule has 516 valence electrons. The van der Waals surface area contributed by atoms with E-state index in [9.17, 15) is 45.6 Å². The molecule has 0 aromatic carbocycles. The standard InChI is InChI=1S/C73H141NO13/c1-3-5-7-9-11-13-15-17-19-21-23-25-26-27-28-29-30-31-32-33-34-35-36-37-39-41-43-45-47-49-51-53-55-57-65(78)74-61(62(77)56-54-52-50-48-46-44-42-40-38-24-22-20-18-16-14-12-10-8-6-4-2)60-84-72-70(83)68(81)71(64(59-76)86-72)87-73-69(82)67(80)66(79)63(58-75)85-73/h21,23,61-64,66-73,75-77,79-83H,3-20,22,24-60H2,1-2H3,(H,74,78)/b23-21-. The molecule has 12 unspecified atom stereocenters. The van der Waals surface area contributed by atoms with Crippen LogP contribution in [0.1, 0.15) is 354 Å². The van der Waals surface area contributed by atoms with Gasteiger partial charge >= 0.3 is 0 Å². The molecule has 0 aromatic heterocycles. The second-order valence-corrected chi connectivity index (χ2v) is 26.8. The third-order valence-corrected chi connectivity index (χ3v) is 18.7. The quantitative estimate of drug-likeness (QED) is 0.0204. The van der Waals surface area contributed by atoms with Crippen LogP contribution in [0.2, 0.25) is 0 Å². The summed E-state index contributed by atoms with van der Waals surface area (Å²) in [7, 11) is 0. The van der Waals surface area contributed by atoms with Crippen LogP contribution in [0, 0.1) is 0 Å². The van der Waals surface area contributed by atoms with Gasteiger partial charge in [-0.25, -0.2) is 0 Å². The molecule has 0 radical (unpaired) electrons. The zero-order valence-corrected chi connectivity index (χ0v) is 56.3. The number of allylic oxidation sites excluding steroid dienone is 2. The number of carbonyl (C=O) groups excluding carboxylic acids is 1. The SMILES string of the molecule is CCCCCCCCCC/C=C\CCCCCCCCCCCCCCCCCCCCCCCC(=O)NC(COC1OC(CO)C(OC2OC(CO)C(O)C(O)C2O)C(O)C1O)C(O)CCCCCCCCCCCCCCCCCCCCCC. The average molecular weight is 1240 g/mol. The Morgan fingerprint density at radius 2 is 0.724 bits per heavy atom. The van der Waals surface area contributed by atoms with E-state index in [1.165, 1.54) is 276 Å². The Balaban J connectivity index is 1.61. The second-order valence-electron chi connectivity index (χ2n) is 26.8. The monoisotopic (exact) mass is 1240 g/mol. The first-order chi connectivity index (χ1) is 42.6. The molecule has 1 amide bonds. The molecule has 0 aliphatic carbocycles. The predicted molar refractivity (Wildman–Crippen MR) is 355 cm³/mol. The number of unbranched alkanes of at least 4 members (excludes halogenated alkanes) is 48. The summed E-state index contributed by atoms with van der Waals surface area (Å²) in [5.74, 6) is -0.198. The molecule has 2 aliphatic heterocycles. The largest absolute Gasteiger partial charge is 0.394 e. The highest BCUT2D eigenvalue weighted by Gasteiger charge is 2.51. The van der Waals surface area contributed by atoms with Crippen molar-refractivity contribution in [3.8, 4) is 0 Å². The maximum atomic E-state index is 13.4. The van der Waals surface area contributed by atoms with Gasteiger partial charge in [0.25, 0.3) is 0 Å². The molecule has 2 fully saturated rings. The fourth-order valence-electron chi connectivity index (χ4n) is 12.8. The van der Waals surface area contributed by atoms with Crippen molar-refractivity contribution >= 4 is 5.91 Å². The molecule has 2 saturated heterocycles. The Kier molecular flexibility index (Phi) is 55.1. The van der Waals surface area contributed by atoms with E-state index in [-0.39, 0.29) is 12.5 Å². The topological polar surface area (TPSA) is 228 Å². The minimum absolute atomic E-state index is 0.198. The average Bonchev–Trinajstić information content (AvgIpc) is 2.59. The van der Waals surface area contributed by atoms with Crippen LogP contribution in [0.4, 0.5) is 0 Å². The van der Waals surface area contributed by atoms with Gasteiger partial charge in [-0.1, -0.05) is 321 Å². The smallest absolute Gasteiger partial charge is 0.220 e. The van der Waals surface area contributed by atoms with Crippen LogP contribution in [0.25, 0.3) is 0 Å².